The fraction of sp³-hybridized carbons (Fsp3) is 0.440. The highest BCUT2D eigenvalue weighted by Crippen LogP contribution is 2.41. The lowest BCUT2D eigenvalue weighted by molar-refractivity contribution is -0.140. The van der Waals surface area contributed by atoms with Crippen molar-refractivity contribution in [1.82, 2.24) is 9.80 Å². The fourth-order valence-corrected chi connectivity index (χ4v) is 4.62. The summed E-state index contributed by atoms with van der Waals surface area (Å²) in [4.78, 5) is 30.6. The van der Waals surface area contributed by atoms with Gasteiger partial charge in [-0.2, -0.15) is 0 Å². The Labute approximate surface area is 194 Å². The van der Waals surface area contributed by atoms with E-state index in [1.807, 2.05) is 17.5 Å². The molecule has 32 heavy (non-hydrogen) atoms. The van der Waals surface area contributed by atoms with Crippen molar-refractivity contribution in [2.45, 2.75) is 33.7 Å². The Morgan fingerprint density at radius 3 is 2.41 bits per heavy atom. The first-order valence-corrected chi connectivity index (χ1v) is 12.0. The normalized spacial score (nSPS) is 18.2. The quantitative estimate of drug-likeness (QED) is 0.323. The molecule has 1 saturated heterocycles. The Kier molecular flexibility index (Phi) is 8.10. The van der Waals surface area contributed by atoms with E-state index in [0.717, 1.165) is 18.0 Å². The molecule has 1 amide bonds. The number of carbonyl (C=O) groups excluding carboxylic acids is 2. The van der Waals surface area contributed by atoms with Crippen LogP contribution in [0.25, 0.3) is 5.76 Å². The van der Waals surface area contributed by atoms with E-state index in [9.17, 15) is 14.7 Å². The molecule has 0 spiro atoms. The zero-order chi connectivity index (χ0) is 23.3. The van der Waals surface area contributed by atoms with Crippen LogP contribution in [-0.4, -0.2) is 59.4 Å². The number of aliphatic hydroxyl groups is 1. The predicted molar refractivity (Wildman–Crippen MR) is 128 cm³/mol. The molecule has 1 N–H and O–H groups in total. The topological polar surface area (TPSA) is 70.1 Å². The second-order valence-corrected chi connectivity index (χ2v) is 9.24. The van der Waals surface area contributed by atoms with Gasteiger partial charge < -0.3 is 19.6 Å². The van der Waals surface area contributed by atoms with E-state index >= 15 is 0 Å². The number of amides is 1. The maximum Gasteiger partial charge on any atom is 0.295 e. The summed E-state index contributed by atoms with van der Waals surface area (Å²) in [5, 5.41) is 13.0. The number of thiophene rings is 1. The van der Waals surface area contributed by atoms with Crippen molar-refractivity contribution in [3.8, 4) is 5.75 Å². The number of ether oxygens (including phenoxy) is 1. The van der Waals surface area contributed by atoms with Gasteiger partial charge in [-0.25, -0.2) is 0 Å². The highest BCUT2D eigenvalue weighted by Gasteiger charge is 2.46. The van der Waals surface area contributed by atoms with Crippen LogP contribution in [-0.2, 0) is 9.59 Å². The monoisotopic (exact) mass is 456 g/mol. The lowest BCUT2D eigenvalue weighted by atomic mass is 10.00. The molecular weight excluding hydrogens is 424 g/mol. The zero-order valence-corrected chi connectivity index (χ0v) is 20.0. The van der Waals surface area contributed by atoms with Crippen molar-refractivity contribution >= 4 is 28.8 Å². The number of aliphatic hydroxyl groups excluding tert-OH is 1. The minimum atomic E-state index is -0.638. The molecule has 1 fully saturated rings. The number of Topliss-reactive ketones (excluding diaryl/α,β-unsaturated/α-hetero) is 1. The number of likely N-dealkylation sites (N-methyl/N-ethyl adjacent to an activating group) is 1. The molecule has 0 radical (unpaired) electrons. The van der Waals surface area contributed by atoms with Crippen LogP contribution in [0.3, 0.4) is 0 Å². The van der Waals surface area contributed by atoms with E-state index in [1.54, 1.807) is 29.2 Å². The number of hydrogen-bond acceptors (Lipinski definition) is 6. The first-order chi connectivity index (χ1) is 15.4. The number of nitrogens with zero attached hydrogens (tertiary/aromatic N) is 2. The molecule has 2 aromatic rings. The third-order valence-electron chi connectivity index (χ3n) is 5.62. The summed E-state index contributed by atoms with van der Waals surface area (Å²) in [5.74, 6) is -0.247. The number of benzene rings is 1. The van der Waals surface area contributed by atoms with Gasteiger partial charge in [-0.05, 0) is 54.7 Å². The highest BCUT2D eigenvalue weighted by atomic mass is 32.1. The van der Waals surface area contributed by atoms with E-state index in [4.69, 9.17) is 4.74 Å². The Bertz CT molecular complexity index is 947. The molecular formula is C25H32N2O4S. The van der Waals surface area contributed by atoms with Crippen molar-refractivity contribution in [3.63, 3.8) is 0 Å². The maximum atomic E-state index is 13.0. The van der Waals surface area contributed by atoms with Gasteiger partial charge in [-0.15, -0.1) is 11.3 Å². The molecule has 0 bridgehead atoms. The maximum absolute atomic E-state index is 13.0. The summed E-state index contributed by atoms with van der Waals surface area (Å²) in [6, 6.07) is 10.2. The van der Waals surface area contributed by atoms with Gasteiger partial charge in [-0.1, -0.05) is 33.8 Å². The minimum absolute atomic E-state index is 0.146. The SMILES string of the molecule is CCN(CC)CCN1C(=O)C(=O)/C(=C(\O)c2ccc(OCC(C)C)cc2)C1c1cccs1. The largest absolute Gasteiger partial charge is 0.507 e. The molecule has 1 unspecified atom stereocenters. The van der Waals surface area contributed by atoms with Crippen LogP contribution in [0.5, 0.6) is 5.75 Å². The van der Waals surface area contributed by atoms with E-state index < -0.39 is 17.7 Å². The van der Waals surface area contributed by atoms with Gasteiger partial charge >= 0.3 is 0 Å². The van der Waals surface area contributed by atoms with E-state index in [0.29, 0.717) is 36.9 Å². The van der Waals surface area contributed by atoms with Gasteiger partial charge in [0.2, 0.25) is 0 Å². The van der Waals surface area contributed by atoms with Gasteiger partial charge in [0.05, 0.1) is 18.2 Å². The third-order valence-corrected chi connectivity index (χ3v) is 6.54. The number of rotatable bonds is 10. The Morgan fingerprint density at radius 1 is 1.16 bits per heavy atom. The zero-order valence-electron chi connectivity index (χ0n) is 19.2. The van der Waals surface area contributed by atoms with Crippen LogP contribution < -0.4 is 4.74 Å². The van der Waals surface area contributed by atoms with Crippen molar-refractivity contribution in [3.05, 3.63) is 57.8 Å². The number of hydrogen-bond donors (Lipinski definition) is 1. The minimum Gasteiger partial charge on any atom is -0.507 e. The number of likely N-dealkylation sites (tertiary alicyclic amines) is 1. The molecule has 2 heterocycles. The molecule has 1 aliphatic heterocycles. The molecule has 0 aliphatic carbocycles. The average Bonchev–Trinajstić information content (AvgIpc) is 3.40. The first kappa shape index (κ1) is 24.0. The van der Waals surface area contributed by atoms with Crippen LogP contribution in [0.4, 0.5) is 0 Å². The first-order valence-electron chi connectivity index (χ1n) is 11.1. The molecule has 1 aliphatic rings. The van der Waals surface area contributed by atoms with E-state index in [-0.39, 0.29) is 11.3 Å². The molecule has 7 heteroatoms. The van der Waals surface area contributed by atoms with Gasteiger partial charge in [0, 0.05) is 23.5 Å². The van der Waals surface area contributed by atoms with Crippen LogP contribution in [0.2, 0.25) is 0 Å². The van der Waals surface area contributed by atoms with E-state index in [1.165, 1.54) is 11.3 Å². The predicted octanol–water partition coefficient (Wildman–Crippen LogP) is 4.55. The van der Waals surface area contributed by atoms with E-state index in [2.05, 4.69) is 32.6 Å². The summed E-state index contributed by atoms with van der Waals surface area (Å²) < 4.78 is 5.71. The molecule has 1 atom stereocenters. The van der Waals surface area contributed by atoms with Crippen LogP contribution >= 0.6 is 11.3 Å². The summed E-state index contributed by atoms with van der Waals surface area (Å²) in [6.45, 7) is 11.7. The second kappa shape index (κ2) is 10.8. The van der Waals surface area contributed by atoms with Crippen LogP contribution in [0, 0.1) is 5.92 Å². The lowest BCUT2D eigenvalue weighted by Crippen LogP contribution is -2.37. The Morgan fingerprint density at radius 2 is 1.84 bits per heavy atom. The van der Waals surface area contributed by atoms with Gasteiger partial charge in [-0.3, -0.25) is 9.59 Å². The summed E-state index contributed by atoms with van der Waals surface area (Å²) in [7, 11) is 0. The average molecular weight is 457 g/mol. The van der Waals surface area contributed by atoms with Crippen LogP contribution in [0.15, 0.2) is 47.4 Å². The fourth-order valence-electron chi connectivity index (χ4n) is 3.77. The van der Waals surface area contributed by atoms with Gasteiger partial charge in [0.1, 0.15) is 11.5 Å². The molecule has 1 aromatic heterocycles. The molecule has 3 rings (SSSR count). The second-order valence-electron chi connectivity index (χ2n) is 8.26. The third kappa shape index (κ3) is 5.22. The highest BCUT2D eigenvalue weighted by molar-refractivity contribution is 7.10. The van der Waals surface area contributed by atoms with Gasteiger partial charge in [0.25, 0.3) is 11.7 Å². The molecule has 172 valence electrons. The molecule has 1 aromatic carbocycles. The summed E-state index contributed by atoms with van der Waals surface area (Å²) in [6.07, 6.45) is 0. The van der Waals surface area contributed by atoms with Crippen molar-refractivity contribution in [1.29, 1.82) is 0 Å². The smallest absolute Gasteiger partial charge is 0.295 e. The van der Waals surface area contributed by atoms with Crippen molar-refractivity contribution in [2.24, 2.45) is 5.92 Å². The van der Waals surface area contributed by atoms with Gasteiger partial charge in [0.15, 0.2) is 0 Å². The Balaban J connectivity index is 1.94. The molecule has 6 nitrogen and oxygen atoms in total. The summed E-state index contributed by atoms with van der Waals surface area (Å²) >= 11 is 1.48. The van der Waals surface area contributed by atoms with Crippen molar-refractivity contribution < 1.29 is 19.4 Å². The standard InChI is InChI=1S/C25H32N2O4S/c1-5-26(6-2)13-14-27-22(20-8-7-15-32-20)21(24(29)25(27)30)23(28)18-9-11-19(12-10-18)31-16-17(3)4/h7-12,15,17,22,28H,5-6,13-14,16H2,1-4H3/b23-21-. The molecule has 0 saturated carbocycles. The number of ketones is 1. The van der Waals surface area contributed by atoms with Crippen molar-refractivity contribution in [2.75, 3.05) is 32.8 Å². The summed E-state index contributed by atoms with van der Waals surface area (Å²) in [5.41, 5.74) is 0.637. The van der Waals surface area contributed by atoms with Crippen LogP contribution in [0.1, 0.15) is 44.2 Å². The number of carbonyl (C=O) groups is 2. The lowest BCUT2D eigenvalue weighted by Gasteiger charge is -2.27. The Hall–Kier alpha value is -2.64.